The first-order chi connectivity index (χ1) is 12.3. The van der Waals surface area contributed by atoms with Gasteiger partial charge < -0.3 is 4.57 Å². The predicted octanol–water partition coefficient (Wildman–Crippen LogP) is 2.90. The molecule has 4 rings (SSSR count). The molecule has 0 atom stereocenters. The summed E-state index contributed by atoms with van der Waals surface area (Å²) < 4.78 is 25.2. The summed E-state index contributed by atoms with van der Waals surface area (Å²) in [4.78, 5) is 9.08. The summed E-state index contributed by atoms with van der Waals surface area (Å²) in [5, 5.41) is 7.25. The van der Waals surface area contributed by atoms with Crippen LogP contribution < -0.4 is 5.14 Å². The number of hydrogen-bond donors (Lipinski definition) is 1. The molecule has 0 spiro atoms. The van der Waals surface area contributed by atoms with Crippen LogP contribution in [0.15, 0.2) is 53.7 Å². The summed E-state index contributed by atoms with van der Waals surface area (Å²) in [6.45, 7) is 4.45. The van der Waals surface area contributed by atoms with Crippen molar-refractivity contribution < 1.29 is 8.42 Å². The van der Waals surface area contributed by atoms with E-state index in [4.69, 9.17) is 5.14 Å². The topological polar surface area (TPSA) is 90.9 Å². The Morgan fingerprint density at radius 1 is 1.12 bits per heavy atom. The summed E-state index contributed by atoms with van der Waals surface area (Å²) in [6.07, 6.45) is 3.84. The highest BCUT2D eigenvalue weighted by Gasteiger charge is 2.12. The van der Waals surface area contributed by atoms with Crippen LogP contribution in [-0.2, 0) is 16.6 Å². The molecule has 6 nitrogen and oxygen atoms in total. The number of pyridine rings is 2. The molecular formula is C19H18N4O2S. The van der Waals surface area contributed by atoms with E-state index in [2.05, 4.69) is 14.5 Å². The summed E-state index contributed by atoms with van der Waals surface area (Å²) in [5.74, 6) is 0. The second kappa shape index (κ2) is 5.89. The van der Waals surface area contributed by atoms with Crippen molar-refractivity contribution in [1.29, 1.82) is 0 Å². The van der Waals surface area contributed by atoms with Crippen molar-refractivity contribution in [2.24, 2.45) is 5.14 Å². The smallest absolute Gasteiger partial charge is 0.238 e. The van der Waals surface area contributed by atoms with Crippen molar-refractivity contribution in [3.8, 4) is 0 Å². The number of fused-ring (bicyclic) bond motifs is 3. The predicted molar refractivity (Wildman–Crippen MR) is 101 cm³/mol. The molecule has 0 saturated carbocycles. The number of primary sulfonamides is 1. The SMILES string of the molecule is Cc1ccc2c(ncc3ccn(Cc4ccc(S(N)(=O)=O)cc4C)c32)n1. The molecule has 0 fully saturated rings. The van der Waals surface area contributed by atoms with Crippen LogP contribution in [0.4, 0.5) is 0 Å². The van der Waals surface area contributed by atoms with Gasteiger partial charge in [0.05, 0.1) is 10.4 Å². The molecule has 26 heavy (non-hydrogen) atoms. The highest BCUT2D eigenvalue weighted by molar-refractivity contribution is 7.89. The summed E-state index contributed by atoms with van der Waals surface area (Å²) >= 11 is 0. The molecule has 7 heteroatoms. The fourth-order valence-electron chi connectivity index (χ4n) is 3.20. The molecule has 0 aliphatic rings. The Bertz CT molecular complexity index is 1260. The molecule has 2 N–H and O–H groups in total. The van der Waals surface area contributed by atoms with Crippen molar-refractivity contribution in [3.05, 3.63) is 65.6 Å². The summed E-state index contributed by atoms with van der Waals surface area (Å²) in [7, 11) is -3.70. The van der Waals surface area contributed by atoms with Crippen LogP contribution >= 0.6 is 0 Å². The third-order valence-electron chi connectivity index (χ3n) is 4.57. The normalized spacial score (nSPS) is 12.1. The molecule has 0 amide bonds. The number of hydrogen-bond acceptors (Lipinski definition) is 4. The molecule has 0 radical (unpaired) electrons. The van der Waals surface area contributed by atoms with Gasteiger partial charge >= 0.3 is 0 Å². The molecule has 0 bridgehead atoms. The zero-order valence-electron chi connectivity index (χ0n) is 14.5. The molecule has 3 heterocycles. The number of nitrogens with zero attached hydrogens (tertiary/aromatic N) is 3. The van der Waals surface area contributed by atoms with E-state index in [0.29, 0.717) is 6.54 Å². The highest BCUT2D eigenvalue weighted by Crippen LogP contribution is 2.25. The lowest BCUT2D eigenvalue weighted by Crippen LogP contribution is -2.12. The number of aromatic nitrogens is 3. The van der Waals surface area contributed by atoms with E-state index in [9.17, 15) is 8.42 Å². The number of benzene rings is 1. The van der Waals surface area contributed by atoms with Gasteiger partial charge in [0.1, 0.15) is 0 Å². The van der Waals surface area contributed by atoms with E-state index in [1.54, 1.807) is 12.1 Å². The minimum atomic E-state index is -3.70. The van der Waals surface area contributed by atoms with E-state index in [0.717, 1.165) is 38.8 Å². The molecular weight excluding hydrogens is 348 g/mol. The summed E-state index contributed by atoms with van der Waals surface area (Å²) in [6, 6.07) is 11.0. The Kier molecular flexibility index (Phi) is 3.78. The van der Waals surface area contributed by atoms with Crippen LogP contribution in [0.3, 0.4) is 0 Å². The molecule has 3 aromatic heterocycles. The second-order valence-corrected chi connectivity index (χ2v) is 8.02. The molecule has 0 unspecified atom stereocenters. The molecule has 132 valence electrons. The van der Waals surface area contributed by atoms with Crippen LogP contribution in [-0.4, -0.2) is 23.0 Å². The summed E-state index contributed by atoms with van der Waals surface area (Å²) in [5.41, 5.74) is 4.62. The minimum Gasteiger partial charge on any atom is -0.342 e. The lowest BCUT2D eigenvalue weighted by molar-refractivity contribution is 0.597. The van der Waals surface area contributed by atoms with Crippen molar-refractivity contribution in [1.82, 2.24) is 14.5 Å². The van der Waals surface area contributed by atoms with Gasteiger partial charge in [-0.2, -0.15) is 0 Å². The third-order valence-corrected chi connectivity index (χ3v) is 5.48. The zero-order chi connectivity index (χ0) is 18.5. The van der Waals surface area contributed by atoms with Crippen molar-refractivity contribution >= 4 is 32.0 Å². The maximum atomic E-state index is 11.5. The first-order valence-electron chi connectivity index (χ1n) is 8.16. The van der Waals surface area contributed by atoms with Crippen LogP contribution in [0.2, 0.25) is 0 Å². The zero-order valence-corrected chi connectivity index (χ0v) is 15.3. The Labute approximate surface area is 151 Å². The molecule has 1 aromatic carbocycles. The number of rotatable bonds is 3. The second-order valence-electron chi connectivity index (χ2n) is 6.46. The Hall–Kier alpha value is -2.77. The van der Waals surface area contributed by atoms with E-state index in [1.165, 1.54) is 0 Å². The number of nitrogens with two attached hydrogens (primary N) is 1. The maximum absolute atomic E-state index is 11.5. The largest absolute Gasteiger partial charge is 0.342 e. The average Bonchev–Trinajstić information content (AvgIpc) is 2.98. The average molecular weight is 366 g/mol. The molecule has 0 aliphatic carbocycles. The van der Waals surface area contributed by atoms with Crippen molar-refractivity contribution in [2.75, 3.05) is 0 Å². The first kappa shape index (κ1) is 16.7. The van der Waals surface area contributed by atoms with Gasteiger partial charge in [0.15, 0.2) is 5.65 Å². The Morgan fingerprint density at radius 3 is 2.65 bits per heavy atom. The van der Waals surface area contributed by atoms with Gasteiger partial charge in [-0.05, 0) is 55.3 Å². The maximum Gasteiger partial charge on any atom is 0.238 e. The van der Waals surface area contributed by atoms with E-state index >= 15 is 0 Å². The fraction of sp³-hybridized carbons (Fsp3) is 0.158. The van der Waals surface area contributed by atoms with Gasteiger partial charge in [0.2, 0.25) is 10.0 Å². The van der Waals surface area contributed by atoms with Gasteiger partial charge in [0, 0.05) is 35.4 Å². The molecule has 0 aliphatic heterocycles. The quantitative estimate of drug-likeness (QED) is 0.603. The minimum absolute atomic E-state index is 0.130. The lowest BCUT2D eigenvalue weighted by atomic mass is 10.1. The van der Waals surface area contributed by atoms with Crippen LogP contribution in [0.25, 0.3) is 21.9 Å². The van der Waals surface area contributed by atoms with E-state index in [1.807, 2.05) is 50.5 Å². The number of aryl methyl sites for hydroxylation is 2. The number of sulfonamides is 1. The van der Waals surface area contributed by atoms with Crippen LogP contribution in [0, 0.1) is 13.8 Å². The van der Waals surface area contributed by atoms with Crippen LogP contribution in [0.1, 0.15) is 16.8 Å². The Balaban J connectivity index is 1.83. The Morgan fingerprint density at radius 2 is 1.92 bits per heavy atom. The highest BCUT2D eigenvalue weighted by atomic mass is 32.2. The van der Waals surface area contributed by atoms with Crippen molar-refractivity contribution in [2.45, 2.75) is 25.3 Å². The van der Waals surface area contributed by atoms with Gasteiger partial charge in [-0.3, -0.25) is 0 Å². The van der Waals surface area contributed by atoms with Gasteiger partial charge in [-0.15, -0.1) is 0 Å². The van der Waals surface area contributed by atoms with Gasteiger partial charge in [-0.1, -0.05) is 6.07 Å². The lowest BCUT2D eigenvalue weighted by Gasteiger charge is -2.11. The van der Waals surface area contributed by atoms with Gasteiger partial charge in [-0.25, -0.2) is 23.5 Å². The van der Waals surface area contributed by atoms with Crippen LogP contribution in [0.5, 0.6) is 0 Å². The van der Waals surface area contributed by atoms with E-state index in [-0.39, 0.29) is 4.90 Å². The molecule has 4 aromatic rings. The first-order valence-corrected chi connectivity index (χ1v) is 9.71. The van der Waals surface area contributed by atoms with Gasteiger partial charge in [0.25, 0.3) is 0 Å². The third kappa shape index (κ3) is 2.85. The fourth-order valence-corrected chi connectivity index (χ4v) is 3.80. The standard InChI is InChI=1S/C19H18N4O2S/c1-12-9-16(26(20,24)25)5-4-15(12)11-23-8-7-14-10-21-19-17(18(14)23)6-3-13(2)22-19/h3-10H,11H2,1-2H3,(H2,20,24,25). The van der Waals surface area contributed by atoms with Crippen molar-refractivity contribution in [3.63, 3.8) is 0 Å². The molecule has 0 saturated heterocycles. The van der Waals surface area contributed by atoms with E-state index < -0.39 is 10.0 Å². The monoisotopic (exact) mass is 366 g/mol.